The van der Waals surface area contributed by atoms with Crippen LogP contribution in [0, 0.1) is 0 Å². The van der Waals surface area contributed by atoms with Gasteiger partial charge in [0.15, 0.2) is 0 Å². The van der Waals surface area contributed by atoms with E-state index in [1.54, 1.807) is 12.1 Å². The molecule has 3 rings (SSSR count). The van der Waals surface area contributed by atoms with Crippen LogP contribution in [0.4, 0.5) is 18.9 Å². The fraction of sp³-hybridized carbons (Fsp3) is 0.333. The first-order chi connectivity index (χ1) is 12.2. The lowest BCUT2D eigenvalue weighted by Crippen LogP contribution is -2.14. The van der Waals surface area contributed by atoms with Crippen LogP contribution >= 0.6 is 0 Å². The molecule has 4 nitrogen and oxygen atoms in total. The first-order valence-electron chi connectivity index (χ1n) is 8.21. The van der Waals surface area contributed by atoms with Crippen molar-refractivity contribution in [2.75, 3.05) is 4.72 Å². The van der Waals surface area contributed by atoms with Crippen LogP contribution in [0.3, 0.4) is 0 Å². The Morgan fingerprint density at radius 3 is 2.27 bits per heavy atom. The number of sulfonamides is 1. The predicted molar refractivity (Wildman–Crippen MR) is 91.6 cm³/mol. The van der Waals surface area contributed by atoms with Crippen molar-refractivity contribution < 1.29 is 26.3 Å². The number of alkyl halides is 3. The molecule has 2 aromatic carbocycles. The van der Waals surface area contributed by atoms with E-state index < -0.39 is 21.8 Å². The van der Waals surface area contributed by atoms with Gasteiger partial charge in [-0.3, -0.25) is 4.72 Å². The Balaban J connectivity index is 1.73. The molecular formula is C18H18F3NO3S. The highest BCUT2D eigenvalue weighted by Crippen LogP contribution is 2.31. The highest BCUT2D eigenvalue weighted by Gasteiger charge is 2.30. The van der Waals surface area contributed by atoms with Gasteiger partial charge in [0.25, 0.3) is 10.0 Å². The third-order valence-electron chi connectivity index (χ3n) is 4.18. The Morgan fingerprint density at radius 2 is 1.65 bits per heavy atom. The van der Waals surface area contributed by atoms with Crippen molar-refractivity contribution in [3.05, 3.63) is 54.1 Å². The zero-order valence-corrected chi connectivity index (χ0v) is 14.6. The summed E-state index contributed by atoms with van der Waals surface area (Å²) in [7, 11) is -3.99. The summed E-state index contributed by atoms with van der Waals surface area (Å²) in [6.07, 6.45) is -0.175. The Hall–Kier alpha value is -2.22. The van der Waals surface area contributed by atoms with Crippen LogP contribution in [0.25, 0.3) is 0 Å². The average Bonchev–Trinajstić information content (AvgIpc) is 3.07. The van der Waals surface area contributed by atoms with Crippen molar-refractivity contribution in [1.29, 1.82) is 0 Å². The molecule has 1 saturated carbocycles. The third kappa shape index (κ3) is 4.49. The largest absolute Gasteiger partial charge is 0.490 e. The second-order valence-corrected chi connectivity index (χ2v) is 7.86. The maximum absolute atomic E-state index is 12.7. The molecule has 0 heterocycles. The van der Waals surface area contributed by atoms with E-state index in [-0.39, 0.29) is 16.7 Å². The van der Waals surface area contributed by atoms with Crippen molar-refractivity contribution in [2.45, 2.75) is 42.9 Å². The topological polar surface area (TPSA) is 55.4 Å². The van der Waals surface area contributed by atoms with Crippen LogP contribution in [0.5, 0.6) is 5.75 Å². The van der Waals surface area contributed by atoms with E-state index in [2.05, 4.69) is 4.72 Å². The van der Waals surface area contributed by atoms with E-state index in [0.717, 1.165) is 43.9 Å². The third-order valence-corrected chi connectivity index (χ3v) is 5.58. The summed E-state index contributed by atoms with van der Waals surface area (Å²) in [6.45, 7) is 0. The summed E-state index contributed by atoms with van der Waals surface area (Å²) < 4.78 is 70.9. The maximum Gasteiger partial charge on any atom is 0.416 e. The summed E-state index contributed by atoms with van der Waals surface area (Å²) >= 11 is 0. The van der Waals surface area contributed by atoms with Gasteiger partial charge in [0.2, 0.25) is 0 Å². The second kappa shape index (κ2) is 7.19. The minimum Gasteiger partial charge on any atom is -0.490 e. The summed E-state index contributed by atoms with van der Waals surface area (Å²) in [5, 5.41) is 0. The molecular weight excluding hydrogens is 367 g/mol. The number of halogens is 3. The number of anilines is 1. The molecule has 1 N–H and O–H groups in total. The van der Waals surface area contributed by atoms with Crippen molar-refractivity contribution in [2.24, 2.45) is 0 Å². The number of hydrogen-bond acceptors (Lipinski definition) is 3. The minimum atomic E-state index is -4.54. The van der Waals surface area contributed by atoms with Crippen LogP contribution in [0.2, 0.25) is 0 Å². The van der Waals surface area contributed by atoms with Gasteiger partial charge < -0.3 is 4.74 Å². The summed E-state index contributed by atoms with van der Waals surface area (Å²) in [6, 6.07) is 9.92. The zero-order chi connectivity index (χ0) is 18.8. The molecule has 0 aliphatic heterocycles. The van der Waals surface area contributed by atoms with Crippen LogP contribution in [0.15, 0.2) is 53.4 Å². The standard InChI is InChI=1S/C18H18F3NO3S/c19-18(20,21)13-4-3-5-14(12-13)22-26(23,24)17-10-8-16(9-11-17)25-15-6-1-2-7-15/h3-5,8-12,15,22H,1-2,6-7H2. The molecule has 1 aliphatic rings. The smallest absolute Gasteiger partial charge is 0.416 e. The molecule has 0 amide bonds. The quantitative estimate of drug-likeness (QED) is 0.802. The normalized spacial score (nSPS) is 15.8. The Morgan fingerprint density at radius 1 is 1.00 bits per heavy atom. The Labute approximate surface area is 150 Å². The monoisotopic (exact) mass is 385 g/mol. The van der Waals surface area contributed by atoms with E-state index in [1.165, 1.54) is 18.2 Å². The SMILES string of the molecule is O=S(=O)(Nc1cccc(C(F)(F)F)c1)c1ccc(OC2CCCC2)cc1. The molecule has 2 aromatic rings. The molecule has 0 aromatic heterocycles. The van der Waals surface area contributed by atoms with E-state index in [1.807, 2.05) is 0 Å². The maximum atomic E-state index is 12.7. The first-order valence-corrected chi connectivity index (χ1v) is 9.69. The van der Waals surface area contributed by atoms with Gasteiger partial charge in [-0.1, -0.05) is 6.07 Å². The highest BCUT2D eigenvalue weighted by atomic mass is 32.2. The molecule has 26 heavy (non-hydrogen) atoms. The van der Waals surface area contributed by atoms with Crippen LogP contribution in [-0.2, 0) is 16.2 Å². The van der Waals surface area contributed by atoms with Crippen LogP contribution in [0.1, 0.15) is 31.2 Å². The lowest BCUT2D eigenvalue weighted by Gasteiger charge is -2.14. The molecule has 1 fully saturated rings. The fourth-order valence-corrected chi connectivity index (χ4v) is 3.92. The van der Waals surface area contributed by atoms with E-state index in [0.29, 0.717) is 5.75 Å². The van der Waals surface area contributed by atoms with Gasteiger partial charge in [0, 0.05) is 5.69 Å². The number of ether oxygens (including phenoxy) is 1. The van der Waals surface area contributed by atoms with Gasteiger partial charge in [-0.15, -0.1) is 0 Å². The molecule has 0 spiro atoms. The first kappa shape index (κ1) is 18.6. The molecule has 0 bridgehead atoms. The molecule has 0 radical (unpaired) electrons. The highest BCUT2D eigenvalue weighted by molar-refractivity contribution is 7.92. The van der Waals surface area contributed by atoms with Crippen molar-refractivity contribution in [3.63, 3.8) is 0 Å². The van der Waals surface area contributed by atoms with Gasteiger partial charge in [-0.05, 0) is 68.1 Å². The lowest BCUT2D eigenvalue weighted by molar-refractivity contribution is -0.137. The molecule has 140 valence electrons. The average molecular weight is 385 g/mol. The summed E-state index contributed by atoms with van der Waals surface area (Å²) in [5.41, 5.74) is -1.07. The summed E-state index contributed by atoms with van der Waals surface area (Å²) in [5.74, 6) is 0.579. The van der Waals surface area contributed by atoms with Crippen molar-refractivity contribution in [3.8, 4) is 5.75 Å². The number of benzene rings is 2. The molecule has 0 unspecified atom stereocenters. The van der Waals surface area contributed by atoms with Crippen molar-refractivity contribution >= 4 is 15.7 Å². The van der Waals surface area contributed by atoms with Gasteiger partial charge in [-0.2, -0.15) is 13.2 Å². The molecule has 0 saturated heterocycles. The van der Waals surface area contributed by atoms with Crippen LogP contribution in [-0.4, -0.2) is 14.5 Å². The van der Waals surface area contributed by atoms with Crippen molar-refractivity contribution in [1.82, 2.24) is 0 Å². The number of nitrogens with one attached hydrogen (secondary N) is 1. The predicted octanol–water partition coefficient (Wildman–Crippen LogP) is 4.83. The number of rotatable bonds is 5. The van der Waals surface area contributed by atoms with Crippen LogP contribution < -0.4 is 9.46 Å². The molecule has 0 atom stereocenters. The van der Waals surface area contributed by atoms with Gasteiger partial charge >= 0.3 is 6.18 Å². The molecule has 1 aliphatic carbocycles. The molecule has 8 heteroatoms. The van der Waals surface area contributed by atoms with Gasteiger partial charge in [0.05, 0.1) is 16.6 Å². The van der Waals surface area contributed by atoms with E-state index in [4.69, 9.17) is 4.74 Å². The van der Waals surface area contributed by atoms with E-state index >= 15 is 0 Å². The summed E-state index contributed by atoms with van der Waals surface area (Å²) in [4.78, 5) is -0.0475. The van der Waals surface area contributed by atoms with E-state index in [9.17, 15) is 21.6 Å². The van der Waals surface area contributed by atoms with Gasteiger partial charge in [-0.25, -0.2) is 8.42 Å². The number of hydrogen-bond donors (Lipinski definition) is 1. The van der Waals surface area contributed by atoms with Gasteiger partial charge in [0.1, 0.15) is 5.75 Å². The fourth-order valence-electron chi connectivity index (χ4n) is 2.87. The zero-order valence-electron chi connectivity index (χ0n) is 13.8. The second-order valence-electron chi connectivity index (χ2n) is 6.18. The Kier molecular flexibility index (Phi) is 5.13. The minimum absolute atomic E-state index is 0.0475. The lowest BCUT2D eigenvalue weighted by atomic mass is 10.2. The Bertz CT molecular complexity index is 858.